The number of nitrogens with one attached hydrogen (secondary N) is 1. The zero-order chi connectivity index (χ0) is 12.4. The lowest BCUT2D eigenvalue weighted by Crippen LogP contribution is -2.44. The minimum Gasteiger partial charge on any atom is -0.294 e. The summed E-state index contributed by atoms with van der Waals surface area (Å²) in [6.45, 7) is 5.82. The van der Waals surface area contributed by atoms with Crippen LogP contribution in [0.2, 0.25) is 0 Å². The fourth-order valence-electron chi connectivity index (χ4n) is 2.31. The van der Waals surface area contributed by atoms with E-state index in [0.717, 1.165) is 13.1 Å². The first-order valence-corrected chi connectivity index (χ1v) is 5.94. The number of hydrogen-bond donors (Lipinski definition) is 2. The van der Waals surface area contributed by atoms with Gasteiger partial charge in [-0.3, -0.25) is 15.1 Å². The normalized spacial score (nSPS) is 18.5. The van der Waals surface area contributed by atoms with E-state index in [1.165, 1.54) is 11.1 Å². The van der Waals surface area contributed by atoms with Crippen LogP contribution in [-0.4, -0.2) is 16.8 Å². The average molecular weight is 233 g/mol. The first-order chi connectivity index (χ1) is 8.13. The molecule has 0 saturated heterocycles. The van der Waals surface area contributed by atoms with E-state index in [0.29, 0.717) is 0 Å². The van der Waals surface area contributed by atoms with Crippen molar-refractivity contribution in [2.45, 2.75) is 33.0 Å². The van der Waals surface area contributed by atoms with Gasteiger partial charge in [-0.05, 0) is 18.1 Å². The summed E-state index contributed by atoms with van der Waals surface area (Å²) < 4.78 is 0. The lowest BCUT2D eigenvalue weighted by molar-refractivity contribution is -0.126. The van der Waals surface area contributed by atoms with Gasteiger partial charge in [-0.25, -0.2) is 5.84 Å². The number of carbonyl (C=O) groups is 1. The predicted molar refractivity (Wildman–Crippen MR) is 66.6 cm³/mol. The number of benzene rings is 1. The summed E-state index contributed by atoms with van der Waals surface area (Å²) in [5.41, 5.74) is 4.95. The van der Waals surface area contributed by atoms with Crippen LogP contribution >= 0.6 is 0 Å². The van der Waals surface area contributed by atoms with Crippen molar-refractivity contribution in [3.8, 4) is 0 Å². The number of hydrazine groups is 1. The Morgan fingerprint density at radius 2 is 1.82 bits per heavy atom. The first-order valence-electron chi connectivity index (χ1n) is 5.94. The number of fused-ring (bicyclic) bond motifs is 1. The summed E-state index contributed by atoms with van der Waals surface area (Å²) in [6.07, 6.45) is 0. The highest BCUT2D eigenvalue weighted by molar-refractivity contribution is 5.78. The highest BCUT2D eigenvalue weighted by Gasteiger charge is 2.29. The van der Waals surface area contributed by atoms with E-state index >= 15 is 0 Å². The lowest BCUT2D eigenvalue weighted by Gasteiger charge is -2.28. The molecule has 17 heavy (non-hydrogen) atoms. The van der Waals surface area contributed by atoms with Crippen molar-refractivity contribution in [1.29, 1.82) is 0 Å². The first kappa shape index (κ1) is 12.1. The van der Waals surface area contributed by atoms with E-state index in [2.05, 4.69) is 41.5 Å². The predicted octanol–water partition coefficient (Wildman–Crippen LogP) is 1.02. The molecule has 1 heterocycles. The van der Waals surface area contributed by atoms with Crippen LogP contribution in [-0.2, 0) is 17.9 Å². The van der Waals surface area contributed by atoms with Crippen molar-refractivity contribution >= 4 is 5.91 Å². The molecule has 4 nitrogen and oxygen atoms in total. The minimum absolute atomic E-state index is 0.102. The monoisotopic (exact) mass is 233 g/mol. The second-order valence-electron chi connectivity index (χ2n) is 4.71. The molecule has 2 rings (SSSR count). The summed E-state index contributed by atoms with van der Waals surface area (Å²) >= 11 is 0. The van der Waals surface area contributed by atoms with Gasteiger partial charge in [-0.2, -0.15) is 0 Å². The second kappa shape index (κ2) is 4.85. The molecule has 3 N–H and O–H groups in total. The molecule has 1 aliphatic rings. The third-order valence-electron chi connectivity index (χ3n) is 3.72. The summed E-state index contributed by atoms with van der Waals surface area (Å²) in [5, 5.41) is 0. The van der Waals surface area contributed by atoms with Crippen molar-refractivity contribution in [2.75, 3.05) is 0 Å². The maximum atomic E-state index is 11.5. The third-order valence-corrected chi connectivity index (χ3v) is 3.72. The Balaban J connectivity index is 2.05. The molecule has 1 aromatic rings. The van der Waals surface area contributed by atoms with Gasteiger partial charge in [0.2, 0.25) is 5.91 Å². The molecule has 2 unspecified atom stereocenters. The summed E-state index contributed by atoms with van der Waals surface area (Å²) in [5.74, 6) is 4.97. The molecule has 0 fully saturated rings. The van der Waals surface area contributed by atoms with Crippen molar-refractivity contribution in [3.05, 3.63) is 35.4 Å². The molecule has 0 radical (unpaired) electrons. The molecule has 0 spiro atoms. The smallest absolute Gasteiger partial charge is 0.238 e. The second-order valence-corrected chi connectivity index (χ2v) is 4.71. The topological polar surface area (TPSA) is 58.4 Å². The van der Waals surface area contributed by atoms with Gasteiger partial charge in [-0.15, -0.1) is 0 Å². The number of amides is 1. The van der Waals surface area contributed by atoms with Gasteiger partial charge < -0.3 is 0 Å². The molecule has 0 aliphatic carbocycles. The maximum Gasteiger partial charge on any atom is 0.238 e. The summed E-state index contributed by atoms with van der Waals surface area (Å²) in [7, 11) is 0. The Kier molecular flexibility index (Phi) is 3.45. The summed E-state index contributed by atoms with van der Waals surface area (Å²) in [4.78, 5) is 13.8. The summed E-state index contributed by atoms with van der Waals surface area (Å²) in [6, 6.07) is 8.60. The average Bonchev–Trinajstić information content (AvgIpc) is 2.79. The van der Waals surface area contributed by atoms with Crippen LogP contribution in [0.1, 0.15) is 25.0 Å². The quantitative estimate of drug-likeness (QED) is 0.465. The SMILES string of the molecule is CC(C(=O)NN)C(C)N1Cc2ccccc2C1. The van der Waals surface area contributed by atoms with E-state index in [4.69, 9.17) is 5.84 Å². The maximum absolute atomic E-state index is 11.5. The van der Waals surface area contributed by atoms with E-state index in [1.54, 1.807) is 0 Å². The van der Waals surface area contributed by atoms with Crippen LogP contribution in [0.25, 0.3) is 0 Å². The fraction of sp³-hybridized carbons (Fsp3) is 0.462. The van der Waals surface area contributed by atoms with Crippen LogP contribution in [0, 0.1) is 5.92 Å². The van der Waals surface area contributed by atoms with E-state index < -0.39 is 0 Å². The Hall–Kier alpha value is -1.39. The molecule has 1 aliphatic heterocycles. The van der Waals surface area contributed by atoms with Gasteiger partial charge in [-0.1, -0.05) is 31.2 Å². The zero-order valence-corrected chi connectivity index (χ0v) is 10.3. The standard InChI is InChI=1S/C13H19N3O/c1-9(13(17)15-14)10(2)16-7-11-5-3-4-6-12(11)8-16/h3-6,9-10H,7-8,14H2,1-2H3,(H,15,17). The van der Waals surface area contributed by atoms with Crippen molar-refractivity contribution in [2.24, 2.45) is 11.8 Å². The molecular weight excluding hydrogens is 214 g/mol. The van der Waals surface area contributed by atoms with Crippen LogP contribution in [0.3, 0.4) is 0 Å². The molecule has 2 atom stereocenters. The van der Waals surface area contributed by atoms with Gasteiger partial charge in [0.15, 0.2) is 0 Å². The zero-order valence-electron chi connectivity index (χ0n) is 10.3. The van der Waals surface area contributed by atoms with E-state index in [-0.39, 0.29) is 17.9 Å². The molecule has 1 amide bonds. The van der Waals surface area contributed by atoms with Gasteiger partial charge in [0.05, 0.1) is 5.92 Å². The third kappa shape index (κ3) is 2.33. The van der Waals surface area contributed by atoms with Crippen molar-refractivity contribution in [3.63, 3.8) is 0 Å². The van der Waals surface area contributed by atoms with E-state index in [1.807, 2.05) is 6.92 Å². The van der Waals surface area contributed by atoms with Crippen LogP contribution < -0.4 is 11.3 Å². The van der Waals surface area contributed by atoms with Gasteiger partial charge in [0, 0.05) is 19.1 Å². The molecule has 92 valence electrons. The Morgan fingerprint density at radius 1 is 1.29 bits per heavy atom. The molecular formula is C13H19N3O. The number of hydrogen-bond acceptors (Lipinski definition) is 3. The Morgan fingerprint density at radius 3 is 2.29 bits per heavy atom. The Bertz CT molecular complexity index is 394. The van der Waals surface area contributed by atoms with E-state index in [9.17, 15) is 4.79 Å². The van der Waals surface area contributed by atoms with Crippen LogP contribution in [0.4, 0.5) is 0 Å². The van der Waals surface area contributed by atoms with Gasteiger partial charge >= 0.3 is 0 Å². The number of nitrogens with zero attached hydrogens (tertiary/aromatic N) is 1. The number of rotatable bonds is 3. The molecule has 0 aromatic heterocycles. The van der Waals surface area contributed by atoms with Gasteiger partial charge in [0.25, 0.3) is 0 Å². The minimum atomic E-state index is -0.103. The van der Waals surface area contributed by atoms with Crippen molar-refractivity contribution < 1.29 is 4.79 Å². The molecule has 0 saturated carbocycles. The van der Waals surface area contributed by atoms with Crippen LogP contribution in [0.15, 0.2) is 24.3 Å². The molecule has 0 bridgehead atoms. The number of carbonyl (C=O) groups excluding carboxylic acids is 1. The molecule has 1 aromatic carbocycles. The fourth-order valence-corrected chi connectivity index (χ4v) is 2.31. The van der Waals surface area contributed by atoms with Gasteiger partial charge in [0.1, 0.15) is 0 Å². The lowest BCUT2D eigenvalue weighted by atomic mass is 10.0. The largest absolute Gasteiger partial charge is 0.294 e. The molecule has 4 heteroatoms. The highest BCUT2D eigenvalue weighted by Crippen LogP contribution is 2.26. The van der Waals surface area contributed by atoms with Crippen molar-refractivity contribution in [1.82, 2.24) is 10.3 Å². The Labute approximate surface area is 102 Å². The van der Waals surface area contributed by atoms with Crippen LogP contribution in [0.5, 0.6) is 0 Å². The number of nitrogens with two attached hydrogens (primary N) is 1. The highest BCUT2D eigenvalue weighted by atomic mass is 16.2.